The van der Waals surface area contributed by atoms with Crippen molar-refractivity contribution >= 4 is 23.9 Å². The van der Waals surface area contributed by atoms with Gasteiger partial charge in [0.25, 0.3) is 0 Å². The lowest BCUT2D eigenvalue weighted by Crippen LogP contribution is -2.38. The molecular weight excluding hydrogens is 380 g/mol. The molecule has 4 heteroatoms. The Kier molecular flexibility index (Phi) is 5.60. The first-order valence-electron chi connectivity index (χ1n) is 10.1. The Morgan fingerprint density at radius 2 is 1.64 bits per heavy atom. The minimum atomic E-state index is -1.42. The monoisotopic (exact) mass is 408 g/mol. The molecule has 1 aliphatic rings. The lowest BCUT2D eigenvalue weighted by molar-refractivity contribution is 0.174. The second-order valence-electron chi connectivity index (χ2n) is 8.14. The number of fused-ring (bicyclic) bond motifs is 1. The fourth-order valence-corrected chi connectivity index (χ4v) is 8.06. The van der Waals surface area contributed by atoms with Gasteiger partial charge in [0, 0.05) is 4.88 Å². The van der Waals surface area contributed by atoms with Crippen LogP contribution < -0.4 is 14.0 Å². The zero-order valence-corrected chi connectivity index (χ0v) is 18.8. The molecular formula is C24H28O2SSi. The molecule has 2 aromatic carbocycles. The van der Waals surface area contributed by atoms with Crippen LogP contribution in [0.25, 0.3) is 10.4 Å². The van der Waals surface area contributed by atoms with Gasteiger partial charge in [0.2, 0.25) is 6.79 Å². The smallest absolute Gasteiger partial charge is 0.231 e. The molecule has 3 aromatic rings. The molecule has 0 aliphatic carbocycles. The van der Waals surface area contributed by atoms with Gasteiger partial charge >= 0.3 is 0 Å². The molecule has 4 rings (SSSR count). The minimum absolute atomic E-state index is 0.348. The molecule has 28 heavy (non-hydrogen) atoms. The van der Waals surface area contributed by atoms with E-state index in [0.717, 1.165) is 24.3 Å². The quantitative estimate of drug-likeness (QED) is 0.430. The predicted octanol–water partition coefficient (Wildman–Crippen LogP) is 6.25. The van der Waals surface area contributed by atoms with Crippen molar-refractivity contribution in [2.45, 2.75) is 45.3 Å². The van der Waals surface area contributed by atoms with Crippen LogP contribution in [0.2, 0.25) is 19.1 Å². The molecule has 0 bridgehead atoms. The highest BCUT2D eigenvalue weighted by Crippen LogP contribution is 2.33. The Bertz CT molecular complexity index is 943. The number of hydrogen-bond donors (Lipinski definition) is 0. The number of hydrogen-bond acceptors (Lipinski definition) is 3. The first-order valence-corrected chi connectivity index (χ1v) is 14.2. The summed E-state index contributed by atoms with van der Waals surface area (Å²) < 4.78 is 12.5. The van der Waals surface area contributed by atoms with E-state index in [1.165, 1.54) is 34.0 Å². The molecule has 0 spiro atoms. The van der Waals surface area contributed by atoms with Crippen molar-refractivity contribution in [2.75, 3.05) is 6.79 Å². The summed E-state index contributed by atoms with van der Waals surface area (Å²) in [4.78, 5) is 1.40. The fraction of sp³-hybridized carbons (Fsp3) is 0.333. The van der Waals surface area contributed by atoms with Crippen molar-refractivity contribution in [3.63, 3.8) is 0 Å². The third-order valence-electron chi connectivity index (χ3n) is 5.62. The van der Waals surface area contributed by atoms with Crippen molar-refractivity contribution < 1.29 is 9.47 Å². The normalized spacial score (nSPS) is 13.1. The van der Waals surface area contributed by atoms with Crippen LogP contribution in [0.5, 0.6) is 11.5 Å². The number of thiophene rings is 1. The lowest BCUT2D eigenvalue weighted by Gasteiger charge is -2.20. The van der Waals surface area contributed by atoms with E-state index in [-0.39, 0.29) is 0 Å². The molecule has 2 nitrogen and oxygen atoms in total. The van der Waals surface area contributed by atoms with Crippen LogP contribution in [0.3, 0.4) is 0 Å². The molecule has 0 atom stereocenters. The van der Waals surface area contributed by atoms with E-state index < -0.39 is 8.07 Å². The number of benzene rings is 2. The van der Waals surface area contributed by atoms with Crippen LogP contribution in [-0.4, -0.2) is 14.9 Å². The Morgan fingerprint density at radius 3 is 2.43 bits per heavy atom. The molecule has 0 saturated heterocycles. The largest absolute Gasteiger partial charge is 0.454 e. The Balaban J connectivity index is 1.38. The third-order valence-corrected chi connectivity index (χ3v) is 11.6. The predicted molar refractivity (Wildman–Crippen MR) is 122 cm³/mol. The van der Waals surface area contributed by atoms with Gasteiger partial charge in [-0.2, -0.15) is 0 Å². The second-order valence-corrected chi connectivity index (χ2v) is 14.4. The van der Waals surface area contributed by atoms with E-state index in [1.807, 2.05) is 17.4 Å². The maximum atomic E-state index is 5.50. The molecule has 2 heterocycles. The Morgan fingerprint density at radius 1 is 0.893 bits per heavy atom. The van der Waals surface area contributed by atoms with Gasteiger partial charge in [0.05, 0.1) is 8.07 Å². The molecule has 0 fully saturated rings. The van der Waals surface area contributed by atoms with Gasteiger partial charge in [-0.05, 0) is 52.2 Å². The summed E-state index contributed by atoms with van der Waals surface area (Å²) in [5.74, 6) is 1.77. The van der Waals surface area contributed by atoms with E-state index in [9.17, 15) is 0 Å². The Labute approximate surface area is 173 Å². The second kappa shape index (κ2) is 8.14. The van der Waals surface area contributed by atoms with Crippen LogP contribution in [0.1, 0.15) is 24.5 Å². The highest BCUT2D eigenvalue weighted by Gasteiger charge is 2.25. The summed E-state index contributed by atoms with van der Waals surface area (Å²) in [6, 6.07) is 21.4. The SMILES string of the molecule is CCc1ccc(-c2ccc([Si](C)(C)CCCc3ccc4c(c3)OCO4)s2)cc1. The van der Waals surface area contributed by atoms with Crippen LogP contribution in [-0.2, 0) is 12.8 Å². The lowest BCUT2D eigenvalue weighted by atomic mass is 10.1. The molecule has 0 N–H and O–H groups in total. The van der Waals surface area contributed by atoms with Crippen molar-refractivity contribution in [3.8, 4) is 21.9 Å². The summed E-state index contributed by atoms with van der Waals surface area (Å²) in [6.07, 6.45) is 3.42. The number of rotatable bonds is 7. The molecule has 0 radical (unpaired) electrons. The van der Waals surface area contributed by atoms with Crippen LogP contribution in [0, 0.1) is 0 Å². The summed E-state index contributed by atoms with van der Waals surface area (Å²) >= 11 is 1.99. The molecule has 0 saturated carbocycles. The van der Waals surface area contributed by atoms with Crippen molar-refractivity contribution in [3.05, 3.63) is 65.7 Å². The van der Waals surface area contributed by atoms with Gasteiger partial charge in [-0.3, -0.25) is 0 Å². The van der Waals surface area contributed by atoms with Crippen LogP contribution >= 0.6 is 11.3 Å². The van der Waals surface area contributed by atoms with Gasteiger partial charge in [-0.25, -0.2) is 0 Å². The summed E-state index contributed by atoms with van der Waals surface area (Å²) in [6.45, 7) is 7.56. The molecule has 1 aromatic heterocycles. The molecule has 0 amide bonds. The average molecular weight is 409 g/mol. The standard InChI is InChI=1S/C24H28O2SSi/c1-4-18-7-10-20(11-8-18)23-13-14-24(27-23)28(2,3)15-5-6-19-9-12-21-22(16-19)26-17-25-21/h7-14,16H,4-6,15,17H2,1-3H3. The number of ether oxygens (including phenoxy) is 2. The zero-order valence-electron chi connectivity index (χ0n) is 17.0. The van der Waals surface area contributed by atoms with Crippen molar-refractivity contribution in [2.24, 2.45) is 0 Å². The summed E-state index contributed by atoms with van der Waals surface area (Å²) in [7, 11) is -1.42. The van der Waals surface area contributed by atoms with Crippen LogP contribution in [0.4, 0.5) is 0 Å². The minimum Gasteiger partial charge on any atom is -0.454 e. The molecule has 1 aliphatic heterocycles. The van der Waals surface area contributed by atoms with Gasteiger partial charge in [0.15, 0.2) is 11.5 Å². The topological polar surface area (TPSA) is 18.5 Å². The van der Waals surface area contributed by atoms with Crippen molar-refractivity contribution in [1.29, 1.82) is 0 Å². The van der Waals surface area contributed by atoms with E-state index in [1.54, 1.807) is 4.50 Å². The van der Waals surface area contributed by atoms with E-state index in [4.69, 9.17) is 9.47 Å². The average Bonchev–Trinajstić information content (AvgIpc) is 3.37. The van der Waals surface area contributed by atoms with Gasteiger partial charge in [0.1, 0.15) is 0 Å². The van der Waals surface area contributed by atoms with Crippen molar-refractivity contribution in [1.82, 2.24) is 0 Å². The third kappa shape index (κ3) is 4.18. The highest BCUT2D eigenvalue weighted by molar-refractivity contribution is 7.29. The Hall–Kier alpha value is -2.04. The maximum Gasteiger partial charge on any atom is 0.231 e. The number of aryl methyl sites for hydroxylation is 2. The molecule has 146 valence electrons. The van der Waals surface area contributed by atoms with Gasteiger partial charge in [-0.1, -0.05) is 68.9 Å². The maximum absolute atomic E-state index is 5.50. The van der Waals surface area contributed by atoms with Gasteiger partial charge < -0.3 is 9.47 Å². The van der Waals surface area contributed by atoms with E-state index in [2.05, 4.69) is 68.5 Å². The summed E-state index contributed by atoms with van der Waals surface area (Å²) in [5.41, 5.74) is 4.09. The summed E-state index contributed by atoms with van der Waals surface area (Å²) in [5, 5.41) is 0. The first-order chi connectivity index (χ1) is 13.5. The highest BCUT2D eigenvalue weighted by atomic mass is 32.1. The zero-order chi connectivity index (χ0) is 19.6. The van der Waals surface area contributed by atoms with Gasteiger partial charge in [-0.15, -0.1) is 11.3 Å². The molecule has 0 unspecified atom stereocenters. The fourth-order valence-electron chi connectivity index (χ4n) is 3.72. The van der Waals surface area contributed by atoms with E-state index in [0.29, 0.717) is 6.79 Å². The van der Waals surface area contributed by atoms with E-state index >= 15 is 0 Å². The first kappa shape index (κ1) is 19.3. The van der Waals surface area contributed by atoms with Crippen LogP contribution in [0.15, 0.2) is 54.6 Å².